The summed E-state index contributed by atoms with van der Waals surface area (Å²) in [6.07, 6.45) is 6.06. The molecule has 1 fully saturated rings. The average molecular weight is 287 g/mol. The van der Waals surface area contributed by atoms with E-state index in [2.05, 4.69) is 22.0 Å². The monoisotopic (exact) mass is 287 g/mol. The molecule has 3 rings (SSSR count). The van der Waals surface area contributed by atoms with Gasteiger partial charge in [0.25, 0.3) is 0 Å². The van der Waals surface area contributed by atoms with Crippen molar-refractivity contribution >= 4 is 0 Å². The molecule has 0 saturated heterocycles. The molecule has 0 radical (unpaired) electrons. The van der Waals surface area contributed by atoms with Gasteiger partial charge >= 0.3 is 0 Å². The van der Waals surface area contributed by atoms with Gasteiger partial charge in [0.2, 0.25) is 0 Å². The topological polar surface area (TPSA) is 65.7 Å². The van der Waals surface area contributed by atoms with E-state index in [4.69, 9.17) is 9.72 Å². The molecule has 6 nitrogen and oxygen atoms in total. The Balaban J connectivity index is 1.90. The summed E-state index contributed by atoms with van der Waals surface area (Å²) in [5, 5.41) is 4.62. The van der Waals surface area contributed by atoms with Crippen molar-refractivity contribution in [1.29, 1.82) is 0 Å². The first-order valence-electron chi connectivity index (χ1n) is 7.54. The van der Waals surface area contributed by atoms with E-state index in [-0.39, 0.29) is 0 Å². The maximum Gasteiger partial charge on any atom is 0.177 e. The van der Waals surface area contributed by atoms with E-state index in [0.717, 1.165) is 41.8 Å². The summed E-state index contributed by atoms with van der Waals surface area (Å²) in [6.45, 7) is 3.39. The Morgan fingerprint density at radius 3 is 2.90 bits per heavy atom. The van der Waals surface area contributed by atoms with Gasteiger partial charge in [0.05, 0.1) is 13.2 Å². The van der Waals surface area contributed by atoms with Gasteiger partial charge < -0.3 is 4.74 Å². The number of hydrogen-bond donors (Lipinski definition) is 0. The van der Waals surface area contributed by atoms with Crippen LogP contribution in [0, 0.1) is 5.92 Å². The summed E-state index contributed by atoms with van der Waals surface area (Å²) in [4.78, 5) is 13.3. The minimum atomic E-state index is 0.616. The zero-order chi connectivity index (χ0) is 14.7. The van der Waals surface area contributed by atoms with Crippen molar-refractivity contribution in [1.82, 2.24) is 24.7 Å². The molecule has 1 saturated carbocycles. The summed E-state index contributed by atoms with van der Waals surface area (Å²) in [5.41, 5.74) is 1.86. The van der Waals surface area contributed by atoms with E-state index in [9.17, 15) is 0 Å². The molecule has 0 spiro atoms. The van der Waals surface area contributed by atoms with Crippen molar-refractivity contribution in [2.75, 3.05) is 13.7 Å². The van der Waals surface area contributed by atoms with Crippen molar-refractivity contribution in [3.8, 4) is 11.5 Å². The molecule has 0 atom stereocenters. The second-order valence-electron chi connectivity index (χ2n) is 5.46. The van der Waals surface area contributed by atoms with Gasteiger partial charge in [-0.1, -0.05) is 6.92 Å². The van der Waals surface area contributed by atoms with E-state index >= 15 is 0 Å². The molecule has 112 valence electrons. The minimum Gasteiger partial charge on any atom is -0.383 e. The predicted molar refractivity (Wildman–Crippen MR) is 78.7 cm³/mol. The number of rotatable bonds is 7. The Bertz CT molecular complexity index is 606. The SMILES string of the molecule is CCc1cc(-c2nc(CC3CC3)nn2CCOC)ncn1. The third kappa shape index (κ3) is 3.44. The van der Waals surface area contributed by atoms with Crippen molar-refractivity contribution in [3.05, 3.63) is 23.9 Å². The summed E-state index contributed by atoms with van der Waals surface area (Å²) < 4.78 is 7.07. The summed E-state index contributed by atoms with van der Waals surface area (Å²) in [6, 6.07) is 1.99. The predicted octanol–water partition coefficient (Wildman–Crippen LogP) is 1.90. The largest absolute Gasteiger partial charge is 0.383 e. The Hall–Kier alpha value is -1.82. The maximum atomic E-state index is 5.16. The number of nitrogens with zero attached hydrogens (tertiary/aromatic N) is 5. The van der Waals surface area contributed by atoms with E-state index in [0.29, 0.717) is 13.2 Å². The van der Waals surface area contributed by atoms with Crippen molar-refractivity contribution in [3.63, 3.8) is 0 Å². The smallest absolute Gasteiger partial charge is 0.177 e. The first kappa shape index (κ1) is 14.1. The Kier molecular flexibility index (Phi) is 4.24. The van der Waals surface area contributed by atoms with Crippen LogP contribution in [0.3, 0.4) is 0 Å². The molecule has 6 heteroatoms. The quantitative estimate of drug-likeness (QED) is 0.778. The molecule has 1 aliphatic carbocycles. The van der Waals surface area contributed by atoms with Crippen LogP contribution in [0.5, 0.6) is 0 Å². The summed E-state index contributed by atoms with van der Waals surface area (Å²) in [5.74, 6) is 2.51. The molecule has 0 bridgehead atoms. The van der Waals surface area contributed by atoms with Gasteiger partial charge in [0.1, 0.15) is 12.0 Å². The lowest BCUT2D eigenvalue weighted by atomic mass is 10.2. The first-order chi connectivity index (χ1) is 10.3. The maximum absolute atomic E-state index is 5.16. The van der Waals surface area contributed by atoms with Gasteiger partial charge in [-0.25, -0.2) is 19.6 Å². The van der Waals surface area contributed by atoms with E-state index in [1.54, 1.807) is 13.4 Å². The molecule has 2 heterocycles. The lowest BCUT2D eigenvalue weighted by molar-refractivity contribution is 0.184. The second-order valence-corrected chi connectivity index (χ2v) is 5.46. The highest BCUT2D eigenvalue weighted by Crippen LogP contribution is 2.32. The minimum absolute atomic E-state index is 0.616. The molecule has 0 amide bonds. The van der Waals surface area contributed by atoms with Crippen LogP contribution in [-0.4, -0.2) is 38.4 Å². The van der Waals surface area contributed by atoms with Crippen LogP contribution in [0.2, 0.25) is 0 Å². The lowest BCUT2D eigenvalue weighted by Crippen LogP contribution is -2.09. The van der Waals surface area contributed by atoms with Crippen LogP contribution in [0.25, 0.3) is 11.5 Å². The fourth-order valence-electron chi connectivity index (χ4n) is 2.29. The molecule has 2 aromatic rings. The third-order valence-electron chi connectivity index (χ3n) is 3.71. The van der Waals surface area contributed by atoms with Crippen LogP contribution in [0.1, 0.15) is 31.3 Å². The fraction of sp³-hybridized carbons (Fsp3) is 0.600. The molecule has 0 aromatic carbocycles. The third-order valence-corrected chi connectivity index (χ3v) is 3.71. The molecule has 21 heavy (non-hydrogen) atoms. The highest BCUT2D eigenvalue weighted by Gasteiger charge is 2.24. The van der Waals surface area contributed by atoms with Gasteiger partial charge in [-0.3, -0.25) is 0 Å². The summed E-state index contributed by atoms with van der Waals surface area (Å²) >= 11 is 0. The molecule has 0 unspecified atom stereocenters. The number of aromatic nitrogens is 5. The fourth-order valence-corrected chi connectivity index (χ4v) is 2.29. The zero-order valence-corrected chi connectivity index (χ0v) is 12.6. The number of aryl methyl sites for hydroxylation is 1. The van der Waals surface area contributed by atoms with Crippen molar-refractivity contribution in [2.45, 2.75) is 39.2 Å². The van der Waals surface area contributed by atoms with Crippen molar-refractivity contribution in [2.24, 2.45) is 5.92 Å². The van der Waals surface area contributed by atoms with Crippen LogP contribution in [-0.2, 0) is 24.1 Å². The van der Waals surface area contributed by atoms with Crippen LogP contribution in [0.4, 0.5) is 0 Å². The molecule has 0 N–H and O–H groups in total. The first-order valence-corrected chi connectivity index (χ1v) is 7.54. The van der Waals surface area contributed by atoms with Gasteiger partial charge in [-0.2, -0.15) is 5.10 Å². The number of ether oxygens (including phenoxy) is 1. The molecular weight excluding hydrogens is 266 g/mol. The Labute approximate surface area is 124 Å². The van der Waals surface area contributed by atoms with E-state index in [1.807, 2.05) is 10.7 Å². The van der Waals surface area contributed by atoms with Crippen LogP contribution < -0.4 is 0 Å². The highest BCUT2D eigenvalue weighted by molar-refractivity contribution is 5.49. The number of methoxy groups -OCH3 is 1. The average Bonchev–Trinajstić information content (AvgIpc) is 3.23. The van der Waals surface area contributed by atoms with Crippen molar-refractivity contribution < 1.29 is 4.74 Å². The lowest BCUT2D eigenvalue weighted by Gasteiger charge is -2.05. The molecule has 0 aliphatic heterocycles. The molecule has 2 aromatic heterocycles. The van der Waals surface area contributed by atoms with Gasteiger partial charge in [-0.15, -0.1) is 0 Å². The molecule has 1 aliphatic rings. The van der Waals surface area contributed by atoms with Gasteiger partial charge in [-0.05, 0) is 31.2 Å². The zero-order valence-electron chi connectivity index (χ0n) is 12.6. The standard InChI is InChI=1S/C15H21N5O/c1-3-12-9-13(17-10-16-12)15-18-14(8-11-4-5-11)19-20(15)6-7-21-2/h9-11H,3-8H2,1-2H3. The van der Waals surface area contributed by atoms with E-state index in [1.165, 1.54) is 12.8 Å². The summed E-state index contributed by atoms with van der Waals surface area (Å²) in [7, 11) is 1.70. The normalized spacial score (nSPS) is 14.6. The van der Waals surface area contributed by atoms with Crippen LogP contribution >= 0.6 is 0 Å². The number of hydrogen-bond acceptors (Lipinski definition) is 5. The van der Waals surface area contributed by atoms with E-state index < -0.39 is 0 Å². The molecular formula is C15H21N5O. The van der Waals surface area contributed by atoms with Gasteiger partial charge in [0.15, 0.2) is 11.6 Å². The Morgan fingerprint density at radius 1 is 1.33 bits per heavy atom. The highest BCUT2D eigenvalue weighted by atomic mass is 16.5. The van der Waals surface area contributed by atoms with Gasteiger partial charge in [0, 0.05) is 19.2 Å². The Morgan fingerprint density at radius 2 is 2.19 bits per heavy atom. The second kappa shape index (κ2) is 6.30. The van der Waals surface area contributed by atoms with Crippen LogP contribution in [0.15, 0.2) is 12.4 Å².